The lowest BCUT2D eigenvalue weighted by atomic mass is 9.97. The Hall–Kier alpha value is -3.19. The number of rotatable bonds is 4. The van der Waals surface area contributed by atoms with E-state index in [-0.39, 0.29) is 23.8 Å². The van der Waals surface area contributed by atoms with Gasteiger partial charge in [0.15, 0.2) is 0 Å². The van der Waals surface area contributed by atoms with Crippen molar-refractivity contribution < 1.29 is 19.0 Å². The van der Waals surface area contributed by atoms with Crippen LogP contribution >= 0.6 is 0 Å². The minimum absolute atomic E-state index is 0.0144. The number of fused-ring (bicyclic) bond motifs is 3. The van der Waals surface area contributed by atoms with Gasteiger partial charge in [-0.15, -0.1) is 0 Å². The highest BCUT2D eigenvalue weighted by atomic mass is 19.1. The Morgan fingerprint density at radius 2 is 2.17 bits per heavy atom. The van der Waals surface area contributed by atoms with Crippen molar-refractivity contribution in [2.75, 3.05) is 13.7 Å². The van der Waals surface area contributed by atoms with E-state index in [1.165, 1.54) is 12.1 Å². The zero-order valence-electron chi connectivity index (χ0n) is 16.6. The number of nitrogens with zero attached hydrogens (tertiary/aromatic N) is 2. The van der Waals surface area contributed by atoms with Gasteiger partial charge in [0.2, 0.25) is 5.91 Å². The average Bonchev–Trinajstić information content (AvgIpc) is 3.31. The molecule has 0 aliphatic carbocycles. The van der Waals surface area contributed by atoms with Gasteiger partial charge in [-0.05, 0) is 60.7 Å². The summed E-state index contributed by atoms with van der Waals surface area (Å²) in [4.78, 5) is 21.7. The summed E-state index contributed by atoms with van der Waals surface area (Å²) >= 11 is 0. The molecule has 2 N–H and O–H groups in total. The van der Waals surface area contributed by atoms with Crippen molar-refractivity contribution in [3.05, 3.63) is 54.1 Å². The molecule has 2 bridgehead atoms. The molecule has 2 aliphatic rings. The molecule has 2 aromatic heterocycles. The number of benzene rings is 1. The third-order valence-electron chi connectivity index (χ3n) is 6.15. The zero-order valence-corrected chi connectivity index (χ0v) is 16.6. The summed E-state index contributed by atoms with van der Waals surface area (Å²) in [5.74, 6) is 0.0584. The van der Waals surface area contributed by atoms with E-state index in [0.29, 0.717) is 11.3 Å². The molecule has 0 spiro atoms. The van der Waals surface area contributed by atoms with E-state index >= 15 is 0 Å². The highest BCUT2D eigenvalue weighted by Gasteiger charge is 2.39. The van der Waals surface area contributed by atoms with E-state index in [9.17, 15) is 14.3 Å². The van der Waals surface area contributed by atoms with E-state index < -0.39 is 6.61 Å². The molecular weight excluding hydrogens is 385 g/mol. The lowest BCUT2D eigenvalue weighted by Crippen LogP contribution is -2.44. The van der Waals surface area contributed by atoms with Crippen molar-refractivity contribution in [2.45, 2.75) is 31.3 Å². The van der Waals surface area contributed by atoms with Gasteiger partial charge < -0.3 is 19.7 Å². The van der Waals surface area contributed by atoms with Gasteiger partial charge in [-0.25, -0.2) is 9.37 Å². The van der Waals surface area contributed by atoms with Crippen molar-refractivity contribution in [1.29, 1.82) is 0 Å². The lowest BCUT2D eigenvalue weighted by Gasteiger charge is -2.33. The minimum atomic E-state index is -0.453. The number of aromatic amines is 1. The fourth-order valence-electron chi connectivity index (χ4n) is 4.83. The molecule has 1 aromatic carbocycles. The van der Waals surface area contributed by atoms with E-state index in [2.05, 4.69) is 16.0 Å². The summed E-state index contributed by atoms with van der Waals surface area (Å²) in [6, 6.07) is 8.49. The topological polar surface area (TPSA) is 78.5 Å². The fourth-order valence-corrected chi connectivity index (χ4v) is 4.83. The molecule has 5 rings (SSSR count). The molecule has 3 aromatic rings. The third kappa shape index (κ3) is 2.97. The number of halogens is 1. The third-order valence-corrected chi connectivity index (χ3v) is 6.15. The molecule has 154 valence electrons. The summed E-state index contributed by atoms with van der Waals surface area (Å²) < 4.78 is 19.4. The van der Waals surface area contributed by atoms with Crippen LogP contribution in [0.15, 0.2) is 42.6 Å². The van der Waals surface area contributed by atoms with E-state index in [1.54, 1.807) is 19.4 Å². The first kappa shape index (κ1) is 18.8. The average molecular weight is 407 g/mol. The fraction of sp³-hybridized carbons (Fsp3) is 0.304. The van der Waals surface area contributed by atoms with Crippen molar-refractivity contribution in [1.82, 2.24) is 14.9 Å². The second kappa shape index (κ2) is 7.25. The first-order valence-corrected chi connectivity index (χ1v) is 10.0. The van der Waals surface area contributed by atoms with Crippen LogP contribution in [0.5, 0.6) is 5.75 Å². The maximum Gasteiger partial charge on any atom is 0.249 e. The molecule has 1 saturated heterocycles. The summed E-state index contributed by atoms with van der Waals surface area (Å²) in [5, 5.41) is 10.2. The minimum Gasteiger partial charge on any atom is -0.496 e. The largest absolute Gasteiger partial charge is 0.496 e. The Morgan fingerprint density at radius 1 is 1.30 bits per heavy atom. The van der Waals surface area contributed by atoms with Gasteiger partial charge in [0.25, 0.3) is 0 Å². The second-order valence-electron chi connectivity index (χ2n) is 7.80. The maximum absolute atomic E-state index is 14.0. The molecule has 2 atom stereocenters. The normalized spacial score (nSPS) is 20.5. The number of amides is 1. The number of carbonyl (C=O) groups is 1. The van der Waals surface area contributed by atoms with Gasteiger partial charge >= 0.3 is 0 Å². The smallest absolute Gasteiger partial charge is 0.249 e. The Bertz CT molecular complexity index is 1170. The number of hydrogen-bond acceptors (Lipinski definition) is 4. The maximum atomic E-state index is 14.0. The van der Waals surface area contributed by atoms with Crippen molar-refractivity contribution in [3.63, 3.8) is 0 Å². The summed E-state index contributed by atoms with van der Waals surface area (Å²) in [6.07, 6.45) is 6.38. The molecule has 2 unspecified atom stereocenters. The van der Waals surface area contributed by atoms with Crippen LogP contribution in [-0.4, -0.2) is 51.7 Å². The van der Waals surface area contributed by atoms with Crippen LogP contribution < -0.4 is 4.74 Å². The lowest BCUT2D eigenvalue weighted by molar-refractivity contribution is -0.136. The Kier molecular flexibility index (Phi) is 4.55. The van der Waals surface area contributed by atoms with Gasteiger partial charge in [-0.3, -0.25) is 4.79 Å². The number of aliphatic hydroxyl groups is 1. The molecule has 0 radical (unpaired) electrons. The first-order valence-electron chi connectivity index (χ1n) is 10.0. The molecule has 4 heterocycles. The van der Waals surface area contributed by atoms with Gasteiger partial charge in [-0.2, -0.15) is 0 Å². The van der Waals surface area contributed by atoms with Crippen LogP contribution in [0, 0.1) is 5.82 Å². The summed E-state index contributed by atoms with van der Waals surface area (Å²) in [6.45, 7) is -0.453. The van der Waals surface area contributed by atoms with Crippen LogP contribution in [0.25, 0.3) is 27.7 Å². The molecule has 2 aliphatic heterocycles. The molecule has 7 heteroatoms. The van der Waals surface area contributed by atoms with Crippen LogP contribution in [-0.2, 0) is 4.79 Å². The molecule has 30 heavy (non-hydrogen) atoms. The monoisotopic (exact) mass is 407 g/mol. The molecule has 0 saturated carbocycles. The number of hydrogen-bond donors (Lipinski definition) is 2. The summed E-state index contributed by atoms with van der Waals surface area (Å²) in [5.41, 5.74) is 4.33. The van der Waals surface area contributed by atoms with Crippen molar-refractivity contribution >= 4 is 22.5 Å². The Labute approximate surface area is 173 Å². The number of methoxy groups -OCH3 is 1. The molecule has 6 nitrogen and oxygen atoms in total. The predicted octanol–water partition coefficient (Wildman–Crippen LogP) is 3.52. The zero-order chi connectivity index (χ0) is 20.8. The quantitative estimate of drug-likeness (QED) is 0.694. The Morgan fingerprint density at radius 3 is 2.93 bits per heavy atom. The van der Waals surface area contributed by atoms with Crippen LogP contribution in [0.2, 0.25) is 0 Å². The SMILES string of the molecule is COc1ccc(F)cc1-c1ccnc2[nH]c(C3=CC4CCC(C3)N4C(=O)CO)cc12. The van der Waals surface area contributed by atoms with E-state index in [4.69, 9.17) is 4.74 Å². The predicted molar refractivity (Wildman–Crippen MR) is 111 cm³/mol. The highest BCUT2D eigenvalue weighted by Crippen LogP contribution is 2.40. The number of ether oxygens (including phenoxy) is 1. The number of nitrogens with one attached hydrogen (secondary N) is 1. The van der Waals surface area contributed by atoms with E-state index in [1.807, 2.05) is 17.0 Å². The van der Waals surface area contributed by atoms with Crippen molar-refractivity contribution in [2.24, 2.45) is 0 Å². The van der Waals surface area contributed by atoms with Gasteiger partial charge in [-0.1, -0.05) is 6.08 Å². The Balaban J connectivity index is 1.57. The number of pyridine rings is 1. The van der Waals surface area contributed by atoms with E-state index in [0.717, 1.165) is 47.1 Å². The number of H-pyrrole nitrogens is 1. The molecular formula is C23H22FN3O3. The number of carbonyl (C=O) groups excluding carboxylic acids is 1. The number of aromatic nitrogens is 2. The van der Waals surface area contributed by atoms with Crippen LogP contribution in [0.3, 0.4) is 0 Å². The standard InChI is InChI=1S/C23H22FN3O3/c1-30-21-5-2-14(24)10-18(21)17-6-7-25-23-19(17)11-20(26-23)13-8-15-3-4-16(9-13)27(15)22(29)12-28/h2,5-8,10-11,15-16,28H,3-4,9,12H2,1H3,(H,25,26). The highest BCUT2D eigenvalue weighted by molar-refractivity contribution is 5.97. The summed E-state index contributed by atoms with van der Waals surface area (Å²) in [7, 11) is 1.57. The number of aliphatic hydroxyl groups excluding tert-OH is 1. The van der Waals surface area contributed by atoms with Gasteiger partial charge in [0, 0.05) is 28.9 Å². The van der Waals surface area contributed by atoms with Crippen LogP contribution in [0.4, 0.5) is 4.39 Å². The van der Waals surface area contributed by atoms with Crippen LogP contribution in [0.1, 0.15) is 25.0 Å². The second-order valence-corrected chi connectivity index (χ2v) is 7.80. The first-order chi connectivity index (χ1) is 14.6. The van der Waals surface area contributed by atoms with Gasteiger partial charge in [0.1, 0.15) is 23.8 Å². The van der Waals surface area contributed by atoms with Crippen molar-refractivity contribution in [3.8, 4) is 16.9 Å². The van der Waals surface area contributed by atoms with Gasteiger partial charge in [0.05, 0.1) is 13.2 Å². The molecule has 1 amide bonds. The molecule has 1 fully saturated rings.